The minimum Gasteiger partial charge on any atom is -0.458 e. The van der Waals surface area contributed by atoms with Gasteiger partial charge in [-0.15, -0.1) is 0 Å². The molecule has 8 heteroatoms. The van der Waals surface area contributed by atoms with Crippen molar-refractivity contribution in [3.8, 4) is 11.3 Å². The molecule has 2 unspecified atom stereocenters. The second kappa shape index (κ2) is 7.87. The first-order valence-corrected chi connectivity index (χ1v) is 8.74. The number of hydrogen-bond donors (Lipinski definition) is 2. The minimum atomic E-state index is -0.548. The van der Waals surface area contributed by atoms with E-state index < -0.39 is 17.8 Å². The van der Waals surface area contributed by atoms with Crippen molar-refractivity contribution >= 4 is 5.97 Å². The van der Waals surface area contributed by atoms with E-state index in [2.05, 4.69) is 16.0 Å². The van der Waals surface area contributed by atoms with Crippen LogP contribution in [0, 0.1) is 11.6 Å². The maximum Gasteiger partial charge on any atom is 0.324 e. The number of hydrazine groups is 1. The lowest BCUT2D eigenvalue weighted by Gasteiger charge is -2.09. The fourth-order valence-electron chi connectivity index (χ4n) is 3.04. The third-order valence-corrected chi connectivity index (χ3v) is 4.52. The van der Waals surface area contributed by atoms with Gasteiger partial charge in [0, 0.05) is 12.1 Å². The summed E-state index contributed by atoms with van der Waals surface area (Å²) in [5.74, 6) is -0.919. The lowest BCUT2D eigenvalue weighted by molar-refractivity contribution is -0.147. The molecule has 0 aliphatic carbocycles. The number of rotatable bonds is 5. The van der Waals surface area contributed by atoms with Gasteiger partial charge in [-0.2, -0.15) is 0 Å². The van der Waals surface area contributed by atoms with E-state index in [0.29, 0.717) is 12.1 Å². The first-order valence-electron chi connectivity index (χ1n) is 8.74. The van der Waals surface area contributed by atoms with Crippen LogP contribution in [0.4, 0.5) is 8.78 Å². The molecule has 0 amide bonds. The van der Waals surface area contributed by atoms with Crippen LogP contribution in [0.3, 0.4) is 0 Å². The summed E-state index contributed by atoms with van der Waals surface area (Å²) < 4.78 is 37.2. The van der Waals surface area contributed by atoms with Crippen molar-refractivity contribution in [2.45, 2.75) is 25.1 Å². The molecular formula is C20H17F2N3O3. The zero-order chi connectivity index (χ0) is 19.5. The van der Waals surface area contributed by atoms with Crippen molar-refractivity contribution in [2.75, 3.05) is 0 Å². The number of carbonyl (C=O) groups excluding carboxylic acids is 1. The third kappa shape index (κ3) is 3.92. The SMILES string of the molecule is O=C(OCc1cc(-c2ccccc2F)on1)C1CC(c2ccc(F)cc2)NN1. The maximum absolute atomic E-state index is 13.8. The second-order valence-corrected chi connectivity index (χ2v) is 6.45. The zero-order valence-electron chi connectivity index (χ0n) is 14.7. The normalized spacial score (nSPS) is 18.9. The molecular weight excluding hydrogens is 368 g/mol. The molecule has 1 aliphatic rings. The van der Waals surface area contributed by atoms with Crippen LogP contribution in [0.1, 0.15) is 23.7 Å². The molecule has 28 heavy (non-hydrogen) atoms. The van der Waals surface area contributed by atoms with E-state index in [-0.39, 0.29) is 29.8 Å². The van der Waals surface area contributed by atoms with Crippen LogP contribution in [-0.4, -0.2) is 17.2 Å². The summed E-state index contributed by atoms with van der Waals surface area (Å²) in [5.41, 5.74) is 7.43. The van der Waals surface area contributed by atoms with E-state index in [1.54, 1.807) is 30.3 Å². The second-order valence-electron chi connectivity index (χ2n) is 6.45. The van der Waals surface area contributed by atoms with Gasteiger partial charge in [-0.25, -0.2) is 19.6 Å². The molecule has 1 saturated heterocycles. The van der Waals surface area contributed by atoms with Crippen LogP contribution in [0.15, 0.2) is 59.1 Å². The number of benzene rings is 2. The van der Waals surface area contributed by atoms with Gasteiger partial charge >= 0.3 is 5.97 Å². The molecule has 2 aromatic carbocycles. The Morgan fingerprint density at radius 2 is 1.93 bits per heavy atom. The van der Waals surface area contributed by atoms with E-state index in [9.17, 15) is 13.6 Å². The molecule has 1 aliphatic heterocycles. The summed E-state index contributed by atoms with van der Waals surface area (Å²) in [6, 6.07) is 13.1. The first-order chi connectivity index (χ1) is 13.6. The fourth-order valence-corrected chi connectivity index (χ4v) is 3.04. The number of carbonyl (C=O) groups is 1. The number of hydrogen-bond acceptors (Lipinski definition) is 6. The number of halogens is 2. The molecule has 0 radical (unpaired) electrons. The number of nitrogens with one attached hydrogen (secondary N) is 2. The van der Waals surface area contributed by atoms with Crippen molar-refractivity contribution in [1.29, 1.82) is 0 Å². The molecule has 2 atom stereocenters. The van der Waals surface area contributed by atoms with Crippen LogP contribution in [0.5, 0.6) is 0 Å². The number of ether oxygens (including phenoxy) is 1. The predicted octanol–water partition coefficient (Wildman–Crippen LogP) is 3.27. The van der Waals surface area contributed by atoms with Crippen LogP contribution in [0.2, 0.25) is 0 Å². The van der Waals surface area contributed by atoms with Crippen molar-refractivity contribution < 1.29 is 22.8 Å². The fraction of sp³-hybridized carbons (Fsp3) is 0.200. The number of esters is 1. The Hall–Kier alpha value is -3.10. The van der Waals surface area contributed by atoms with Gasteiger partial charge in [0.15, 0.2) is 5.76 Å². The average Bonchev–Trinajstić information content (AvgIpc) is 3.37. The quantitative estimate of drug-likeness (QED) is 0.657. The number of nitrogens with zero attached hydrogens (tertiary/aromatic N) is 1. The molecule has 6 nitrogen and oxygen atoms in total. The topological polar surface area (TPSA) is 76.4 Å². The molecule has 1 fully saturated rings. The van der Waals surface area contributed by atoms with Crippen molar-refractivity contribution in [1.82, 2.24) is 16.0 Å². The predicted molar refractivity (Wildman–Crippen MR) is 95.5 cm³/mol. The highest BCUT2D eigenvalue weighted by Crippen LogP contribution is 2.25. The van der Waals surface area contributed by atoms with Gasteiger partial charge in [-0.3, -0.25) is 4.79 Å². The molecule has 4 rings (SSSR count). The van der Waals surface area contributed by atoms with Crippen LogP contribution >= 0.6 is 0 Å². The lowest BCUT2D eigenvalue weighted by Crippen LogP contribution is -2.37. The third-order valence-electron chi connectivity index (χ3n) is 4.52. The van der Waals surface area contributed by atoms with Gasteiger partial charge in [-0.1, -0.05) is 29.4 Å². The summed E-state index contributed by atoms with van der Waals surface area (Å²) in [6.07, 6.45) is 0.462. The molecule has 144 valence electrons. The highest BCUT2D eigenvalue weighted by Gasteiger charge is 2.31. The summed E-state index contributed by atoms with van der Waals surface area (Å²) in [5, 5.41) is 3.81. The maximum atomic E-state index is 13.8. The standard InChI is InChI=1S/C20H17F2N3O3/c21-13-7-5-12(6-8-13)17-10-18(24-23-17)20(26)27-11-14-9-19(28-25-14)15-3-1-2-4-16(15)22/h1-9,17-18,23-24H,10-11H2. The van der Waals surface area contributed by atoms with E-state index in [1.165, 1.54) is 24.3 Å². The summed E-state index contributed by atoms with van der Waals surface area (Å²) >= 11 is 0. The van der Waals surface area contributed by atoms with E-state index >= 15 is 0 Å². The minimum absolute atomic E-state index is 0.0871. The highest BCUT2D eigenvalue weighted by molar-refractivity contribution is 5.76. The van der Waals surface area contributed by atoms with Gasteiger partial charge in [0.25, 0.3) is 0 Å². The van der Waals surface area contributed by atoms with Crippen molar-refractivity contribution in [3.05, 3.63) is 77.5 Å². The molecule has 2 heterocycles. The van der Waals surface area contributed by atoms with Crippen LogP contribution in [0.25, 0.3) is 11.3 Å². The van der Waals surface area contributed by atoms with Crippen LogP contribution < -0.4 is 10.9 Å². The Morgan fingerprint density at radius 3 is 2.71 bits per heavy atom. The Labute approximate surface area is 159 Å². The smallest absolute Gasteiger partial charge is 0.324 e. The number of aromatic nitrogens is 1. The largest absolute Gasteiger partial charge is 0.458 e. The average molecular weight is 385 g/mol. The Balaban J connectivity index is 1.33. The van der Waals surface area contributed by atoms with E-state index in [0.717, 1.165) is 5.56 Å². The lowest BCUT2D eigenvalue weighted by atomic mass is 10.0. The summed E-state index contributed by atoms with van der Waals surface area (Å²) in [6.45, 7) is -0.0871. The van der Waals surface area contributed by atoms with Crippen molar-refractivity contribution in [3.63, 3.8) is 0 Å². The van der Waals surface area contributed by atoms with Gasteiger partial charge in [0.2, 0.25) is 0 Å². The summed E-state index contributed by atoms with van der Waals surface area (Å²) in [7, 11) is 0. The zero-order valence-corrected chi connectivity index (χ0v) is 14.7. The highest BCUT2D eigenvalue weighted by atomic mass is 19.1. The van der Waals surface area contributed by atoms with Crippen molar-refractivity contribution in [2.24, 2.45) is 0 Å². The Bertz CT molecular complexity index is 975. The van der Waals surface area contributed by atoms with E-state index in [1.807, 2.05) is 0 Å². The van der Waals surface area contributed by atoms with Crippen LogP contribution in [-0.2, 0) is 16.1 Å². The van der Waals surface area contributed by atoms with Gasteiger partial charge in [0.1, 0.15) is 30.0 Å². The molecule has 0 bridgehead atoms. The van der Waals surface area contributed by atoms with E-state index in [4.69, 9.17) is 9.26 Å². The summed E-state index contributed by atoms with van der Waals surface area (Å²) in [4.78, 5) is 12.3. The van der Waals surface area contributed by atoms with Gasteiger partial charge < -0.3 is 9.26 Å². The Kier molecular flexibility index (Phi) is 5.14. The van der Waals surface area contributed by atoms with Gasteiger partial charge in [0.05, 0.1) is 5.56 Å². The molecule has 2 N–H and O–H groups in total. The Morgan fingerprint density at radius 1 is 1.14 bits per heavy atom. The molecule has 0 spiro atoms. The monoisotopic (exact) mass is 385 g/mol. The first kappa shape index (κ1) is 18.3. The molecule has 3 aromatic rings. The van der Waals surface area contributed by atoms with Gasteiger partial charge in [-0.05, 0) is 36.2 Å². The molecule has 0 saturated carbocycles. The molecule has 1 aromatic heterocycles.